The van der Waals surface area contributed by atoms with E-state index in [2.05, 4.69) is 5.32 Å². The van der Waals surface area contributed by atoms with Gasteiger partial charge in [0.25, 0.3) is 5.69 Å². The predicted octanol–water partition coefficient (Wildman–Crippen LogP) is 3.61. The number of hydrogen-bond donors (Lipinski definition) is 1. The lowest BCUT2D eigenvalue weighted by Gasteiger charge is -2.30. The zero-order chi connectivity index (χ0) is 23.8. The number of nitrogens with one attached hydrogen (secondary N) is 1. The van der Waals surface area contributed by atoms with Gasteiger partial charge in [-0.2, -0.15) is 0 Å². The van der Waals surface area contributed by atoms with Crippen molar-refractivity contribution in [1.29, 1.82) is 0 Å². The van der Waals surface area contributed by atoms with Crippen molar-refractivity contribution < 1.29 is 28.8 Å². The highest BCUT2D eigenvalue weighted by molar-refractivity contribution is 8.13. The van der Waals surface area contributed by atoms with Crippen molar-refractivity contribution in [2.24, 2.45) is 0 Å². The number of nitro groups is 1. The number of ether oxygens (including phenoxy) is 2. The number of thioether (sulfide) groups is 1. The molecule has 0 bridgehead atoms. The fourth-order valence-corrected chi connectivity index (χ4v) is 3.96. The van der Waals surface area contributed by atoms with E-state index in [1.807, 2.05) is 0 Å². The average Bonchev–Trinajstić information content (AvgIpc) is 2.72. The maximum Gasteiger partial charge on any atom is 0.336 e. The largest absolute Gasteiger partial charge is 0.463 e. The van der Waals surface area contributed by atoms with Crippen LogP contribution in [-0.4, -0.2) is 40.9 Å². The summed E-state index contributed by atoms with van der Waals surface area (Å²) in [5.74, 6) is -1.65. The first kappa shape index (κ1) is 25.1. The molecule has 1 heterocycles. The Morgan fingerprint density at radius 1 is 1.12 bits per heavy atom. The molecule has 1 aliphatic heterocycles. The van der Waals surface area contributed by atoms with Gasteiger partial charge in [-0.15, -0.1) is 0 Å². The van der Waals surface area contributed by atoms with Gasteiger partial charge in [-0.25, -0.2) is 9.59 Å². The highest BCUT2D eigenvalue weighted by Crippen LogP contribution is 2.40. The van der Waals surface area contributed by atoms with Crippen LogP contribution in [0, 0.1) is 10.1 Å². The Labute approximate surface area is 190 Å². The monoisotopic (exact) mass is 462 g/mol. The van der Waals surface area contributed by atoms with Crippen LogP contribution in [-0.2, 0) is 23.9 Å². The van der Waals surface area contributed by atoms with Gasteiger partial charge in [-0.05, 0) is 32.8 Å². The summed E-state index contributed by atoms with van der Waals surface area (Å²) in [5.41, 5.74) is 1.59. The lowest BCUT2D eigenvalue weighted by Crippen LogP contribution is -2.32. The molecular formula is C22H26N2O7S. The lowest BCUT2D eigenvalue weighted by molar-refractivity contribution is -0.384. The Bertz CT molecular complexity index is 984. The van der Waals surface area contributed by atoms with Gasteiger partial charge in [0.2, 0.25) is 0 Å². The first-order valence-electron chi connectivity index (χ1n) is 10.1. The fraction of sp³-hybridized carbons (Fsp3) is 0.409. The number of nitro benzene ring substituents is 1. The van der Waals surface area contributed by atoms with Crippen LogP contribution in [0.15, 0.2) is 46.8 Å². The minimum atomic E-state index is -0.894. The Hall–Kier alpha value is -3.14. The van der Waals surface area contributed by atoms with Crippen LogP contribution < -0.4 is 5.32 Å². The number of rotatable bonds is 9. The molecule has 32 heavy (non-hydrogen) atoms. The van der Waals surface area contributed by atoms with E-state index in [0.29, 0.717) is 29.1 Å². The molecule has 2 rings (SSSR count). The van der Waals surface area contributed by atoms with E-state index in [-0.39, 0.29) is 35.2 Å². The summed E-state index contributed by atoms with van der Waals surface area (Å²) in [7, 11) is 0. The Morgan fingerprint density at radius 2 is 1.75 bits per heavy atom. The topological polar surface area (TPSA) is 125 Å². The third kappa shape index (κ3) is 6.19. The maximum atomic E-state index is 13.0. The second kappa shape index (κ2) is 11.5. The van der Waals surface area contributed by atoms with E-state index in [4.69, 9.17) is 9.47 Å². The molecule has 1 unspecified atom stereocenters. The second-order valence-corrected chi connectivity index (χ2v) is 8.31. The van der Waals surface area contributed by atoms with Gasteiger partial charge in [0.1, 0.15) is 0 Å². The Kier molecular flexibility index (Phi) is 9.01. The maximum absolute atomic E-state index is 13.0. The molecule has 0 saturated heterocycles. The number of non-ortho nitro benzene ring substituents is 1. The molecule has 9 nitrogen and oxygen atoms in total. The van der Waals surface area contributed by atoms with Crippen LogP contribution in [0.4, 0.5) is 5.69 Å². The van der Waals surface area contributed by atoms with Crippen LogP contribution in [0.5, 0.6) is 0 Å². The van der Waals surface area contributed by atoms with Gasteiger partial charge >= 0.3 is 11.9 Å². The molecule has 0 fully saturated rings. The molecule has 1 N–H and O–H groups in total. The van der Waals surface area contributed by atoms with Gasteiger partial charge in [-0.1, -0.05) is 23.9 Å². The number of esters is 2. The van der Waals surface area contributed by atoms with Crippen LogP contribution in [0.2, 0.25) is 0 Å². The smallest absolute Gasteiger partial charge is 0.336 e. The first-order valence-corrected chi connectivity index (χ1v) is 11.1. The van der Waals surface area contributed by atoms with E-state index >= 15 is 0 Å². The third-order valence-corrected chi connectivity index (χ3v) is 5.62. The van der Waals surface area contributed by atoms with E-state index < -0.39 is 22.8 Å². The zero-order valence-electron chi connectivity index (χ0n) is 18.4. The summed E-state index contributed by atoms with van der Waals surface area (Å²) >= 11 is 1.14. The predicted molar refractivity (Wildman–Crippen MR) is 120 cm³/mol. The van der Waals surface area contributed by atoms with E-state index in [1.165, 1.54) is 25.1 Å². The first-order chi connectivity index (χ1) is 15.2. The van der Waals surface area contributed by atoms with Crippen molar-refractivity contribution in [2.45, 2.75) is 40.0 Å². The molecule has 1 atom stereocenters. The Balaban J connectivity index is 2.43. The van der Waals surface area contributed by atoms with Crippen molar-refractivity contribution in [2.75, 3.05) is 19.0 Å². The molecule has 0 spiro atoms. The second-order valence-electron chi connectivity index (χ2n) is 7.04. The molecular weight excluding hydrogens is 436 g/mol. The van der Waals surface area contributed by atoms with Crippen LogP contribution >= 0.6 is 11.8 Å². The summed E-state index contributed by atoms with van der Waals surface area (Å²) in [6, 6.07) is 5.81. The molecule has 1 aliphatic rings. The SMILES string of the molecule is CCOC(=O)C1=C(C)NC(C)=C(C(=O)OCCCSC(C)=O)C1c1cccc([N+](=O)[O-])c1. The summed E-state index contributed by atoms with van der Waals surface area (Å²) in [5, 5.41) is 14.3. The molecule has 172 valence electrons. The highest BCUT2D eigenvalue weighted by atomic mass is 32.2. The molecule has 10 heteroatoms. The average molecular weight is 463 g/mol. The van der Waals surface area contributed by atoms with Crippen molar-refractivity contribution >= 4 is 34.5 Å². The minimum Gasteiger partial charge on any atom is -0.463 e. The number of carbonyl (C=O) groups excluding carboxylic acids is 3. The van der Waals surface area contributed by atoms with E-state index in [1.54, 1.807) is 26.8 Å². The van der Waals surface area contributed by atoms with E-state index in [0.717, 1.165) is 11.8 Å². The van der Waals surface area contributed by atoms with Gasteiger partial charge < -0.3 is 14.8 Å². The van der Waals surface area contributed by atoms with Crippen LogP contribution in [0.1, 0.15) is 45.6 Å². The summed E-state index contributed by atoms with van der Waals surface area (Å²) < 4.78 is 10.6. The van der Waals surface area contributed by atoms with E-state index in [9.17, 15) is 24.5 Å². The number of carbonyl (C=O) groups is 3. The Morgan fingerprint density at radius 3 is 2.31 bits per heavy atom. The summed E-state index contributed by atoms with van der Waals surface area (Å²) in [6.45, 7) is 6.72. The number of nitrogens with zero attached hydrogens (tertiary/aromatic N) is 1. The number of dihydropyridines is 1. The highest BCUT2D eigenvalue weighted by Gasteiger charge is 2.38. The third-order valence-electron chi connectivity index (χ3n) is 4.72. The van der Waals surface area contributed by atoms with Gasteiger partial charge in [0.05, 0.1) is 35.2 Å². The minimum absolute atomic E-state index is 0.0169. The van der Waals surface area contributed by atoms with Gasteiger partial charge in [0, 0.05) is 36.2 Å². The summed E-state index contributed by atoms with van der Waals surface area (Å²) in [6.07, 6.45) is 0.483. The van der Waals surface area contributed by atoms with Gasteiger partial charge in [0.15, 0.2) is 5.12 Å². The normalized spacial score (nSPS) is 15.8. The molecule has 0 amide bonds. The molecule has 0 aromatic heterocycles. The van der Waals surface area contributed by atoms with Crippen molar-refractivity contribution in [3.8, 4) is 0 Å². The molecule has 1 aromatic carbocycles. The number of allylic oxidation sites excluding steroid dienone is 2. The standard InChI is InChI=1S/C22H26N2O7S/c1-5-30-21(26)18-13(2)23-14(3)19(22(27)31-10-7-11-32-15(4)25)20(18)16-8-6-9-17(12-16)24(28)29/h6,8-9,12,20,23H,5,7,10-11H2,1-4H3. The lowest BCUT2D eigenvalue weighted by atomic mass is 9.80. The fourth-order valence-electron chi connectivity index (χ4n) is 3.41. The molecule has 1 aromatic rings. The quantitative estimate of drug-likeness (QED) is 0.253. The number of benzene rings is 1. The number of hydrogen-bond acceptors (Lipinski definition) is 9. The van der Waals surface area contributed by atoms with Gasteiger partial charge in [-0.3, -0.25) is 14.9 Å². The molecule has 0 aliphatic carbocycles. The molecule has 0 saturated carbocycles. The van der Waals surface area contributed by atoms with Crippen molar-refractivity contribution in [1.82, 2.24) is 5.32 Å². The summed E-state index contributed by atoms with van der Waals surface area (Å²) in [4.78, 5) is 47.6. The molecule has 0 radical (unpaired) electrons. The van der Waals surface area contributed by atoms with Crippen molar-refractivity contribution in [3.05, 3.63) is 62.5 Å². The van der Waals surface area contributed by atoms with Crippen molar-refractivity contribution in [3.63, 3.8) is 0 Å². The van der Waals surface area contributed by atoms with Crippen LogP contribution in [0.3, 0.4) is 0 Å². The van der Waals surface area contributed by atoms with Crippen LogP contribution in [0.25, 0.3) is 0 Å². The zero-order valence-corrected chi connectivity index (χ0v) is 19.2.